The first-order chi connectivity index (χ1) is 8.81. The fraction of sp³-hybridized carbons (Fsp3) is 0.500. The summed E-state index contributed by atoms with van der Waals surface area (Å²) in [5.74, 6) is -0.236. The molecule has 0 radical (unpaired) electrons. The van der Waals surface area contributed by atoms with E-state index in [1.807, 2.05) is 6.07 Å². The van der Waals surface area contributed by atoms with E-state index < -0.39 is 6.61 Å². The fourth-order valence-electron chi connectivity index (χ4n) is 2.14. The predicted octanol–water partition coefficient (Wildman–Crippen LogP) is 1.43. The van der Waals surface area contributed by atoms with Gasteiger partial charge in [-0.1, -0.05) is 30.3 Å². The van der Waals surface area contributed by atoms with E-state index >= 15 is 0 Å². The van der Waals surface area contributed by atoms with Crippen LogP contribution < -0.4 is 0 Å². The van der Waals surface area contributed by atoms with Gasteiger partial charge in [-0.05, 0) is 12.8 Å². The molecule has 0 spiro atoms. The zero-order valence-electron chi connectivity index (χ0n) is 10.2. The van der Waals surface area contributed by atoms with Gasteiger partial charge < -0.3 is 14.6 Å². The standard InChI is InChI=1S/C8H8O2.C6H10O2/c9-6-8(10)7-4-2-1-3-5-7;1-3-7-6-2-4-8-5(1)6/h1-5,9H,6H2;5-6H,1-4H2/t;5-,6-/m.1/s1. The fourth-order valence-corrected chi connectivity index (χ4v) is 2.14. The highest BCUT2D eigenvalue weighted by atomic mass is 16.6. The van der Waals surface area contributed by atoms with Gasteiger partial charge >= 0.3 is 0 Å². The van der Waals surface area contributed by atoms with Crippen molar-refractivity contribution in [3.63, 3.8) is 0 Å². The van der Waals surface area contributed by atoms with Crippen LogP contribution in [0.15, 0.2) is 30.3 Å². The van der Waals surface area contributed by atoms with Gasteiger partial charge in [0.05, 0.1) is 12.2 Å². The Labute approximate surface area is 107 Å². The summed E-state index contributed by atoms with van der Waals surface area (Å²) in [7, 11) is 0. The number of fused-ring (bicyclic) bond motifs is 1. The van der Waals surface area contributed by atoms with E-state index in [-0.39, 0.29) is 5.78 Å². The molecule has 18 heavy (non-hydrogen) atoms. The van der Waals surface area contributed by atoms with Crippen molar-refractivity contribution in [3.05, 3.63) is 35.9 Å². The Hall–Kier alpha value is -1.23. The predicted molar refractivity (Wildman–Crippen MR) is 66.6 cm³/mol. The number of benzene rings is 1. The minimum Gasteiger partial charge on any atom is -0.388 e. The summed E-state index contributed by atoms with van der Waals surface area (Å²) in [4.78, 5) is 10.8. The summed E-state index contributed by atoms with van der Waals surface area (Å²) in [5.41, 5.74) is 0.560. The maximum Gasteiger partial charge on any atom is 0.188 e. The molecule has 98 valence electrons. The molecule has 2 aliphatic heterocycles. The second-order valence-corrected chi connectivity index (χ2v) is 4.34. The summed E-state index contributed by atoms with van der Waals surface area (Å²) in [6.45, 7) is 1.41. The lowest BCUT2D eigenvalue weighted by atomic mass is 10.1. The van der Waals surface area contributed by atoms with Gasteiger partial charge in [0.1, 0.15) is 6.61 Å². The van der Waals surface area contributed by atoms with Crippen molar-refractivity contribution in [1.29, 1.82) is 0 Å². The summed E-state index contributed by atoms with van der Waals surface area (Å²) in [6, 6.07) is 8.72. The van der Waals surface area contributed by atoms with Gasteiger partial charge in [0, 0.05) is 18.8 Å². The number of ether oxygens (including phenoxy) is 2. The number of carbonyl (C=O) groups excluding carboxylic acids is 1. The molecule has 2 aliphatic rings. The Bertz CT molecular complexity index is 357. The Morgan fingerprint density at radius 3 is 2.17 bits per heavy atom. The van der Waals surface area contributed by atoms with Crippen LogP contribution in [0.2, 0.25) is 0 Å². The maximum absolute atomic E-state index is 10.8. The van der Waals surface area contributed by atoms with Crippen molar-refractivity contribution >= 4 is 5.78 Å². The molecule has 0 aromatic heterocycles. The molecule has 0 saturated carbocycles. The Kier molecular flexibility index (Phi) is 4.87. The first-order valence-electron chi connectivity index (χ1n) is 6.23. The van der Waals surface area contributed by atoms with Crippen molar-refractivity contribution in [2.45, 2.75) is 25.0 Å². The minimum absolute atomic E-state index is 0.236. The van der Waals surface area contributed by atoms with Crippen molar-refractivity contribution in [2.75, 3.05) is 19.8 Å². The van der Waals surface area contributed by atoms with Gasteiger partial charge in [0.2, 0.25) is 0 Å². The van der Waals surface area contributed by atoms with Crippen LogP contribution in [0.1, 0.15) is 23.2 Å². The van der Waals surface area contributed by atoms with E-state index in [0.717, 1.165) is 26.1 Å². The third-order valence-corrected chi connectivity index (χ3v) is 3.12. The lowest BCUT2D eigenvalue weighted by Crippen LogP contribution is -2.13. The quantitative estimate of drug-likeness (QED) is 0.807. The zero-order chi connectivity index (χ0) is 12.8. The van der Waals surface area contributed by atoms with Gasteiger partial charge in [-0.25, -0.2) is 0 Å². The van der Waals surface area contributed by atoms with Crippen molar-refractivity contribution in [3.8, 4) is 0 Å². The molecule has 3 rings (SSSR count). The van der Waals surface area contributed by atoms with Gasteiger partial charge in [-0.2, -0.15) is 0 Å². The SMILES string of the molecule is C1C[C@H]2OCC[C@H]2O1.O=C(CO)c1ccccc1. The second kappa shape index (κ2) is 6.64. The Morgan fingerprint density at radius 2 is 1.67 bits per heavy atom. The van der Waals surface area contributed by atoms with Gasteiger partial charge in [-0.3, -0.25) is 4.79 Å². The van der Waals surface area contributed by atoms with Crippen LogP contribution >= 0.6 is 0 Å². The number of hydrogen-bond donors (Lipinski definition) is 1. The van der Waals surface area contributed by atoms with E-state index in [4.69, 9.17) is 14.6 Å². The van der Waals surface area contributed by atoms with E-state index in [2.05, 4.69) is 0 Å². The molecule has 4 nitrogen and oxygen atoms in total. The number of aliphatic hydroxyl groups is 1. The summed E-state index contributed by atoms with van der Waals surface area (Å²) >= 11 is 0. The highest BCUT2D eigenvalue weighted by molar-refractivity contribution is 5.96. The van der Waals surface area contributed by atoms with E-state index in [0.29, 0.717) is 17.8 Å². The number of Topliss-reactive ketones (excluding diaryl/α,β-unsaturated/α-hetero) is 1. The van der Waals surface area contributed by atoms with Crippen LogP contribution in [0.5, 0.6) is 0 Å². The first-order valence-corrected chi connectivity index (χ1v) is 6.23. The lowest BCUT2D eigenvalue weighted by molar-refractivity contribution is 0.0732. The average Bonchev–Trinajstić information content (AvgIpc) is 3.03. The van der Waals surface area contributed by atoms with Crippen molar-refractivity contribution < 1.29 is 19.4 Å². The highest BCUT2D eigenvalue weighted by Gasteiger charge is 2.33. The lowest BCUT2D eigenvalue weighted by Gasteiger charge is -2.03. The van der Waals surface area contributed by atoms with Crippen molar-refractivity contribution in [2.24, 2.45) is 0 Å². The van der Waals surface area contributed by atoms with E-state index in [1.165, 1.54) is 0 Å². The summed E-state index contributed by atoms with van der Waals surface area (Å²) < 4.78 is 10.7. The van der Waals surface area contributed by atoms with Gasteiger partial charge in [0.25, 0.3) is 0 Å². The number of hydrogen-bond acceptors (Lipinski definition) is 4. The molecule has 0 unspecified atom stereocenters. The molecule has 2 heterocycles. The van der Waals surface area contributed by atoms with Crippen LogP contribution in [0.3, 0.4) is 0 Å². The minimum atomic E-state index is -0.413. The molecule has 4 heteroatoms. The van der Waals surface area contributed by atoms with Crippen LogP contribution in [0, 0.1) is 0 Å². The second-order valence-electron chi connectivity index (χ2n) is 4.34. The first kappa shape index (κ1) is 13.2. The molecular formula is C14H18O4. The number of carbonyl (C=O) groups is 1. The molecule has 0 amide bonds. The molecule has 1 aromatic carbocycles. The van der Waals surface area contributed by atoms with E-state index in [1.54, 1.807) is 24.3 Å². The van der Waals surface area contributed by atoms with Crippen LogP contribution in [-0.2, 0) is 9.47 Å². The molecule has 2 fully saturated rings. The number of ketones is 1. The van der Waals surface area contributed by atoms with Crippen LogP contribution in [-0.4, -0.2) is 42.9 Å². The van der Waals surface area contributed by atoms with Crippen molar-refractivity contribution in [1.82, 2.24) is 0 Å². The van der Waals surface area contributed by atoms with Gasteiger partial charge in [-0.15, -0.1) is 0 Å². The zero-order valence-corrected chi connectivity index (χ0v) is 10.2. The smallest absolute Gasteiger partial charge is 0.188 e. The van der Waals surface area contributed by atoms with Crippen LogP contribution in [0.4, 0.5) is 0 Å². The number of aliphatic hydroxyl groups excluding tert-OH is 1. The highest BCUT2D eigenvalue weighted by Crippen LogP contribution is 2.25. The molecule has 2 saturated heterocycles. The molecular weight excluding hydrogens is 232 g/mol. The molecule has 0 bridgehead atoms. The molecule has 1 aromatic rings. The number of rotatable bonds is 2. The Morgan fingerprint density at radius 1 is 1.11 bits per heavy atom. The third kappa shape index (κ3) is 3.38. The molecule has 1 N–H and O–H groups in total. The monoisotopic (exact) mass is 250 g/mol. The van der Waals surface area contributed by atoms with Gasteiger partial charge in [0.15, 0.2) is 5.78 Å². The topological polar surface area (TPSA) is 55.8 Å². The molecule has 2 atom stereocenters. The van der Waals surface area contributed by atoms with Crippen LogP contribution in [0.25, 0.3) is 0 Å². The largest absolute Gasteiger partial charge is 0.388 e. The van der Waals surface area contributed by atoms with E-state index in [9.17, 15) is 4.79 Å². The summed E-state index contributed by atoms with van der Waals surface area (Å²) in [5, 5.41) is 8.44. The summed E-state index contributed by atoms with van der Waals surface area (Å²) in [6.07, 6.45) is 3.14. The Balaban J connectivity index is 0.000000136. The maximum atomic E-state index is 10.8. The average molecular weight is 250 g/mol. The molecule has 0 aliphatic carbocycles. The third-order valence-electron chi connectivity index (χ3n) is 3.12. The normalized spacial score (nSPS) is 25.2.